The first kappa shape index (κ1) is 22.8. The Hall–Kier alpha value is -2.92. The highest BCUT2D eigenvalue weighted by Crippen LogP contribution is 2.24. The quantitative estimate of drug-likeness (QED) is 0.520. The van der Waals surface area contributed by atoms with E-state index in [2.05, 4.69) is 5.32 Å². The van der Waals surface area contributed by atoms with E-state index in [0.717, 1.165) is 6.26 Å². The topological polar surface area (TPSA) is 132 Å². The monoisotopic (exact) mass is 452 g/mol. The Morgan fingerprint density at radius 2 is 1.90 bits per heavy atom. The molecule has 1 aromatic heterocycles. The summed E-state index contributed by atoms with van der Waals surface area (Å²) < 4.78 is 39.9. The van der Waals surface area contributed by atoms with E-state index in [-0.39, 0.29) is 31.9 Å². The number of benzene rings is 1. The highest BCUT2D eigenvalue weighted by molar-refractivity contribution is 7.88. The van der Waals surface area contributed by atoms with Gasteiger partial charge in [-0.15, -0.1) is 0 Å². The van der Waals surface area contributed by atoms with Crippen molar-refractivity contribution in [1.29, 1.82) is 0 Å². The maximum Gasteiger partial charge on any atom is 0.411 e. The van der Waals surface area contributed by atoms with Crippen molar-refractivity contribution in [2.45, 2.75) is 26.4 Å². The first-order chi connectivity index (χ1) is 14.7. The highest BCUT2D eigenvalue weighted by Gasteiger charge is 2.30. The molecule has 1 fully saturated rings. The van der Waals surface area contributed by atoms with Gasteiger partial charge in [-0.3, -0.25) is 10.1 Å². The molecular formula is C20H24N2O8S. The number of carbonyl (C=O) groups is 2. The number of fused-ring (bicyclic) bond motifs is 1. The van der Waals surface area contributed by atoms with Crippen molar-refractivity contribution in [2.24, 2.45) is 5.92 Å². The van der Waals surface area contributed by atoms with E-state index >= 15 is 0 Å². The molecule has 2 heterocycles. The molecule has 1 aliphatic heterocycles. The molecule has 1 saturated heterocycles. The molecule has 1 N–H and O–H groups in total. The SMILES string of the molecule is CCOC(=O)Nc1ccc2c(COC(=O)C3CCN(S(C)(=O)=O)CC3)cc(=O)oc2c1. The highest BCUT2D eigenvalue weighted by atomic mass is 32.2. The third-order valence-electron chi connectivity index (χ3n) is 4.98. The van der Waals surface area contributed by atoms with Crippen molar-refractivity contribution in [2.75, 3.05) is 31.3 Å². The Balaban J connectivity index is 1.68. The van der Waals surface area contributed by atoms with Gasteiger partial charge in [0.1, 0.15) is 12.2 Å². The number of sulfonamides is 1. The zero-order chi connectivity index (χ0) is 22.6. The van der Waals surface area contributed by atoms with E-state index in [4.69, 9.17) is 13.9 Å². The van der Waals surface area contributed by atoms with Crippen molar-refractivity contribution in [1.82, 2.24) is 4.31 Å². The van der Waals surface area contributed by atoms with Gasteiger partial charge in [0, 0.05) is 41.9 Å². The smallest absolute Gasteiger partial charge is 0.411 e. The summed E-state index contributed by atoms with van der Waals surface area (Å²) in [5.74, 6) is -0.833. The second-order valence-corrected chi connectivity index (χ2v) is 9.17. The molecule has 1 aliphatic rings. The first-order valence-corrected chi connectivity index (χ1v) is 11.6. The number of amides is 1. The summed E-state index contributed by atoms with van der Waals surface area (Å²) in [6.07, 6.45) is 1.28. The molecule has 0 saturated carbocycles. The number of hydrogen-bond donors (Lipinski definition) is 1. The summed E-state index contributed by atoms with van der Waals surface area (Å²) in [6, 6.07) is 6.00. The summed E-state index contributed by atoms with van der Waals surface area (Å²) in [6.45, 7) is 2.32. The van der Waals surface area contributed by atoms with Crippen LogP contribution in [0, 0.1) is 5.92 Å². The fourth-order valence-electron chi connectivity index (χ4n) is 3.40. The van der Waals surface area contributed by atoms with E-state index in [1.54, 1.807) is 19.1 Å². The third kappa shape index (κ3) is 5.82. The summed E-state index contributed by atoms with van der Waals surface area (Å²) in [5, 5.41) is 3.09. The van der Waals surface area contributed by atoms with Crippen LogP contribution < -0.4 is 10.9 Å². The second-order valence-electron chi connectivity index (χ2n) is 7.19. The van der Waals surface area contributed by atoms with Gasteiger partial charge in [0.15, 0.2) is 0 Å². The number of nitrogens with zero attached hydrogens (tertiary/aromatic N) is 1. The summed E-state index contributed by atoms with van der Waals surface area (Å²) in [4.78, 5) is 35.9. The van der Waals surface area contributed by atoms with Crippen LogP contribution in [-0.4, -0.2) is 50.7 Å². The van der Waals surface area contributed by atoms with Gasteiger partial charge in [0.25, 0.3) is 0 Å². The van der Waals surface area contributed by atoms with Gasteiger partial charge < -0.3 is 13.9 Å². The molecule has 3 rings (SSSR count). The lowest BCUT2D eigenvalue weighted by molar-refractivity contribution is -0.151. The van der Waals surface area contributed by atoms with Gasteiger partial charge in [-0.2, -0.15) is 0 Å². The number of anilines is 1. The number of piperidine rings is 1. The van der Waals surface area contributed by atoms with E-state index < -0.39 is 33.6 Å². The lowest BCUT2D eigenvalue weighted by Crippen LogP contribution is -2.40. The van der Waals surface area contributed by atoms with E-state index in [1.165, 1.54) is 16.4 Å². The number of ether oxygens (including phenoxy) is 2. The Kier molecular flexibility index (Phi) is 6.96. The van der Waals surface area contributed by atoms with Crippen LogP contribution in [0.1, 0.15) is 25.3 Å². The van der Waals surface area contributed by atoms with Crippen LogP contribution >= 0.6 is 0 Å². The number of hydrogen-bond acceptors (Lipinski definition) is 8. The van der Waals surface area contributed by atoms with Crippen LogP contribution in [0.3, 0.4) is 0 Å². The molecule has 0 atom stereocenters. The molecule has 0 radical (unpaired) electrons. The molecule has 0 spiro atoms. The maximum absolute atomic E-state index is 12.4. The van der Waals surface area contributed by atoms with Gasteiger partial charge in [0.2, 0.25) is 10.0 Å². The molecule has 0 aliphatic carbocycles. The molecule has 10 nitrogen and oxygen atoms in total. The Labute approximate surface area is 179 Å². The molecule has 0 unspecified atom stereocenters. The number of esters is 1. The molecule has 11 heteroatoms. The van der Waals surface area contributed by atoms with Crippen LogP contribution in [-0.2, 0) is 30.9 Å². The minimum atomic E-state index is -3.27. The predicted octanol–water partition coefficient (Wildman–Crippen LogP) is 2.08. The van der Waals surface area contributed by atoms with Crippen molar-refractivity contribution >= 4 is 38.7 Å². The maximum atomic E-state index is 12.4. The summed E-state index contributed by atoms with van der Waals surface area (Å²) in [5.41, 5.74) is 0.472. The van der Waals surface area contributed by atoms with Gasteiger partial charge in [-0.05, 0) is 31.9 Å². The van der Waals surface area contributed by atoms with Gasteiger partial charge >= 0.3 is 17.7 Å². The van der Waals surface area contributed by atoms with Crippen LogP contribution in [0.2, 0.25) is 0 Å². The summed E-state index contributed by atoms with van der Waals surface area (Å²) in [7, 11) is -3.27. The molecule has 0 bridgehead atoms. The van der Waals surface area contributed by atoms with Crippen molar-refractivity contribution < 1.29 is 31.9 Å². The Morgan fingerprint density at radius 1 is 1.19 bits per heavy atom. The van der Waals surface area contributed by atoms with Crippen molar-refractivity contribution in [3.05, 3.63) is 40.2 Å². The number of carbonyl (C=O) groups excluding carboxylic acids is 2. The Bertz CT molecular complexity index is 1130. The molecule has 31 heavy (non-hydrogen) atoms. The lowest BCUT2D eigenvalue weighted by atomic mass is 9.98. The summed E-state index contributed by atoms with van der Waals surface area (Å²) >= 11 is 0. The average molecular weight is 452 g/mol. The average Bonchev–Trinajstić information content (AvgIpc) is 2.71. The second kappa shape index (κ2) is 9.48. The molecule has 168 valence electrons. The molecule has 2 aromatic rings. The Morgan fingerprint density at radius 3 is 2.55 bits per heavy atom. The fourth-order valence-corrected chi connectivity index (χ4v) is 4.28. The lowest BCUT2D eigenvalue weighted by Gasteiger charge is -2.28. The van der Waals surface area contributed by atoms with Gasteiger partial charge in [0.05, 0.1) is 18.8 Å². The van der Waals surface area contributed by atoms with Crippen LogP contribution in [0.5, 0.6) is 0 Å². The van der Waals surface area contributed by atoms with E-state index in [1.807, 2.05) is 0 Å². The predicted molar refractivity (Wildman–Crippen MR) is 112 cm³/mol. The third-order valence-corrected chi connectivity index (χ3v) is 6.28. The van der Waals surface area contributed by atoms with E-state index in [9.17, 15) is 22.8 Å². The minimum Gasteiger partial charge on any atom is -0.461 e. The largest absolute Gasteiger partial charge is 0.461 e. The van der Waals surface area contributed by atoms with Crippen LogP contribution in [0.15, 0.2) is 33.5 Å². The van der Waals surface area contributed by atoms with E-state index in [0.29, 0.717) is 29.5 Å². The zero-order valence-electron chi connectivity index (χ0n) is 17.3. The normalized spacial score (nSPS) is 15.5. The van der Waals surface area contributed by atoms with Gasteiger partial charge in [-0.1, -0.05) is 0 Å². The van der Waals surface area contributed by atoms with Crippen molar-refractivity contribution in [3.8, 4) is 0 Å². The first-order valence-electron chi connectivity index (χ1n) is 9.79. The number of nitrogens with one attached hydrogen (secondary N) is 1. The molecule has 1 aromatic carbocycles. The van der Waals surface area contributed by atoms with Crippen LogP contribution in [0.4, 0.5) is 10.5 Å². The van der Waals surface area contributed by atoms with Crippen LogP contribution in [0.25, 0.3) is 11.0 Å². The van der Waals surface area contributed by atoms with Crippen molar-refractivity contribution in [3.63, 3.8) is 0 Å². The molecule has 1 amide bonds. The van der Waals surface area contributed by atoms with Gasteiger partial charge in [-0.25, -0.2) is 22.3 Å². The number of rotatable bonds is 6. The molecular weight excluding hydrogens is 428 g/mol. The fraction of sp³-hybridized carbons (Fsp3) is 0.450. The standard InChI is InChI=1S/C20H24N2O8S/c1-3-28-20(25)21-15-4-5-16-14(10-18(23)30-17(16)11-15)12-29-19(24)13-6-8-22(9-7-13)31(2,26)27/h4-5,10-11,13H,3,6-9,12H2,1-2H3,(H,21,25). The minimum absolute atomic E-state index is 0.127. The zero-order valence-corrected chi connectivity index (χ0v) is 18.1.